The van der Waals surface area contributed by atoms with Crippen LogP contribution >= 0.6 is 11.3 Å². The zero-order chi connectivity index (χ0) is 19.7. The van der Waals surface area contributed by atoms with Crippen LogP contribution in [0.1, 0.15) is 10.4 Å². The van der Waals surface area contributed by atoms with Crippen molar-refractivity contribution in [1.29, 1.82) is 0 Å². The van der Waals surface area contributed by atoms with E-state index < -0.39 is 11.9 Å². The predicted molar refractivity (Wildman–Crippen MR) is 101 cm³/mol. The van der Waals surface area contributed by atoms with Crippen molar-refractivity contribution in [3.05, 3.63) is 46.8 Å². The van der Waals surface area contributed by atoms with Crippen molar-refractivity contribution in [2.24, 2.45) is 4.99 Å². The van der Waals surface area contributed by atoms with Crippen LogP contribution < -0.4 is 19.0 Å². The van der Waals surface area contributed by atoms with E-state index in [4.69, 9.17) is 18.9 Å². The van der Waals surface area contributed by atoms with Gasteiger partial charge in [-0.2, -0.15) is 4.99 Å². The third-order valence-corrected chi connectivity index (χ3v) is 5.27. The van der Waals surface area contributed by atoms with E-state index in [9.17, 15) is 9.59 Å². The molecule has 1 aliphatic rings. The van der Waals surface area contributed by atoms with Crippen molar-refractivity contribution in [2.45, 2.75) is 6.54 Å². The second-order valence-electron chi connectivity index (χ2n) is 5.84. The van der Waals surface area contributed by atoms with Gasteiger partial charge in [-0.1, -0.05) is 23.5 Å². The summed E-state index contributed by atoms with van der Waals surface area (Å²) < 4.78 is 23.3. The summed E-state index contributed by atoms with van der Waals surface area (Å²) in [4.78, 5) is 29.3. The highest BCUT2D eigenvalue weighted by Crippen LogP contribution is 2.37. The van der Waals surface area contributed by atoms with Crippen LogP contribution in [0, 0.1) is 0 Å². The average Bonchev–Trinajstić information content (AvgIpc) is 3.30. The first kappa shape index (κ1) is 18.1. The van der Waals surface area contributed by atoms with E-state index in [1.165, 1.54) is 25.6 Å². The molecule has 8 nitrogen and oxygen atoms in total. The topological polar surface area (TPSA) is 88.4 Å². The zero-order valence-electron chi connectivity index (χ0n) is 15.1. The van der Waals surface area contributed by atoms with Crippen molar-refractivity contribution >= 4 is 33.4 Å². The second kappa shape index (κ2) is 7.35. The lowest BCUT2D eigenvalue weighted by Gasteiger charge is -2.05. The molecule has 9 heteroatoms. The number of para-hydroxylation sites is 1. The van der Waals surface area contributed by atoms with Crippen molar-refractivity contribution in [2.75, 3.05) is 21.0 Å². The molecule has 4 rings (SSSR count). The molecule has 0 atom stereocenters. The summed E-state index contributed by atoms with van der Waals surface area (Å²) in [6.45, 7) is 0.0569. The maximum absolute atomic E-state index is 12.8. The van der Waals surface area contributed by atoms with Crippen molar-refractivity contribution in [3.8, 4) is 17.2 Å². The highest BCUT2D eigenvalue weighted by atomic mass is 32.1. The van der Waals surface area contributed by atoms with Gasteiger partial charge < -0.3 is 23.5 Å². The summed E-state index contributed by atoms with van der Waals surface area (Å²) in [5, 5.41) is 0. The minimum atomic E-state index is -0.470. The van der Waals surface area contributed by atoms with Crippen LogP contribution in [0.5, 0.6) is 17.2 Å². The number of carbonyl (C=O) groups is 2. The fourth-order valence-corrected chi connectivity index (χ4v) is 3.90. The largest absolute Gasteiger partial charge is 0.496 e. The molecule has 144 valence electrons. The summed E-state index contributed by atoms with van der Waals surface area (Å²) in [5.41, 5.74) is 1.03. The van der Waals surface area contributed by atoms with Crippen LogP contribution in [0.3, 0.4) is 0 Å². The molecule has 0 unspecified atom stereocenters. The van der Waals surface area contributed by atoms with E-state index in [0.717, 1.165) is 4.70 Å². The number of hydrogen-bond donors (Lipinski definition) is 0. The van der Waals surface area contributed by atoms with Gasteiger partial charge in [0.25, 0.3) is 5.91 Å². The van der Waals surface area contributed by atoms with Gasteiger partial charge in [0.2, 0.25) is 6.79 Å². The van der Waals surface area contributed by atoms with E-state index in [1.54, 1.807) is 34.9 Å². The Bertz CT molecular complexity index is 1150. The Hall–Kier alpha value is -3.33. The van der Waals surface area contributed by atoms with Crippen LogP contribution in [-0.4, -0.2) is 37.5 Å². The van der Waals surface area contributed by atoms with Gasteiger partial charge >= 0.3 is 5.97 Å². The third kappa shape index (κ3) is 3.20. The fraction of sp³-hybridized carbons (Fsp3) is 0.211. The number of ether oxygens (including phenoxy) is 4. The van der Waals surface area contributed by atoms with Gasteiger partial charge in [0.1, 0.15) is 12.3 Å². The van der Waals surface area contributed by atoms with E-state index in [0.29, 0.717) is 33.1 Å². The van der Waals surface area contributed by atoms with Crippen LogP contribution in [0.25, 0.3) is 10.2 Å². The first-order valence-electron chi connectivity index (χ1n) is 8.32. The molecule has 1 aromatic heterocycles. The van der Waals surface area contributed by atoms with E-state index >= 15 is 0 Å². The molecule has 0 N–H and O–H groups in total. The maximum atomic E-state index is 12.8. The minimum absolute atomic E-state index is 0.0891. The molecule has 0 bridgehead atoms. The monoisotopic (exact) mass is 400 g/mol. The van der Waals surface area contributed by atoms with Gasteiger partial charge in [0, 0.05) is 12.1 Å². The summed E-state index contributed by atoms with van der Waals surface area (Å²) in [6.07, 6.45) is 0. The van der Waals surface area contributed by atoms with Gasteiger partial charge in [-0.05, 0) is 12.1 Å². The molecular formula is C19H16N2O6S. The van der Waals surface area contributed by atoms with Crippen molar-refractivity contribution in [1.82, 2.24) is 4.57 Å². The molecule has 1 amide bonds. The van der Waals surface area contributed by atoms with E-state index in [-0.39, 0.29) is 13.3 Å². The zero-order valence-corrected chi connectivity index (χ0v) is 15.9. The van der Waals surface area contributed by atoms with Crippen molar-refractivity contribution < 1.29 is 28.5 Å². The number of methoxy groups -OCH3 is 2. The second-order valence-corrected chi connectivity index (χ2v) is 6.85. The van der Waals surface area contributed by atoms with Crippen LogP contribution in [0.2, 0.25) is 0 Å². The normalized spacial score (nSPS) is 13.0. The average molecular weight is 400 g/mol. The lowest BCUT2D eigenvalue weighted by Crippen LogP contribution is -2.22. The number of rotatable bonds is 4. The number of aromatic nitrogens is 1. The quantitative estimate of drug-likeness (QED) is 0.625. The molecule has 3 aromatic rings. The Morgan fingerprint density at radius 2 is 1.93 bits per heavy atom. The van der Waals surface area contributed by atoms with Crippen LogP contribution in [-0.2, 0) is 16.1 Å². The molecule has 0 aliphatic carbocycles. The summed E-state index contributed by atoms with van der Waals surface area (Å²) in [5.74, 6) is 0.692. The maximum Gasteiger partial charge on any atom is 0.325 e. The lowest BCUT2D eigenvalue weighted by atomic mass is 10.2. The third-order valence-electron chi connectivity index (χ3n) is 4.23. The molecule has 2 heterocycles. The molecule has 0 fully saturated rings. The summed E-state index contributed by atoms with van der Waals surface area (Å²) >= 11 is 1.27. The Labute approximate surface area is 163 Å². The first-order valence-corrected chi connectivity index (χ1v) is 9.14. The number of thiazole rings is 1. The summed E-state index contributed by atoms with van der Waals surface area (Å²) in [7, 11) is 2.80. The first-order chi connectivity index (χ1) is 13.6. The molecule has 0 saturated carbocycles. The Morgan fingerprint density at radius 3 is 2.68 bits per heavy atom. The van der Waals surface area contributed by atoms with E-state index in [1.807, 2.05) is 6.07 Å². The number of carbonyl (C=O) groups excluding carboxylic acids is 2. The van der Waals surface area contributed by atoms with Crippen LogP contribution in [0.15, 0.2) is 41.4 Å². The van der Waals surface area contributed by atoms with Gasteiger partial charge in [0.05, 0.1) is 30.0 Å². The van der Waals surface area contributed by atoms with E-state index in [2.05, 4.69) is 4.99 Å². The standard InChI is InChI=1S/C19H16N2O6S/c1-24-13-6-4-3-5-11(13)18(23)20-19-21(9-17(22)25-2)12-7-14-15(27-10-26-14)8-16(12)28-19/h3-8H,9-10H2,1-2H3. The SMILES string of the molecule is COC(=O)Cn1c(=NC(=O)c2ccccc2OC)sc2cc3c(cc21)OCO3. The van der Waals surface area contributed by atoms with Crippen molar-refractivity contribution in [3.63, 3.8) is 0 Å². The molecule has 28 heavy (non-hydrogen) atoms. The molecule has 1 aliphatic heterocycles. The number of benzene rings is 2. The number of esters is 1. The highest BCUT2D eigenvalue weighted by molar-refractivity contribution is 7.16. The van der Waals surface area contributed by atoms with Gasteiger partial charge in [-0.25, -0.2) is 0 Å². The predicted octanol–water partition coefficient (Wildman–Crippen LogP) is 2.35. The highest BCUT2D eigenvalue weighted by Gasteiger charge is 2.20. The lowest BCUT2D eigenvalue weighted by molar-refractivity contribution is -0.141. The van der Waals surface area contributed by atoms with Crippen LogP contribution in [0.4, 0.5) is 0 Å². The van der Waals surface area contributed by atoms with Gasteiger partial charge in [-0.15, -0.1) is 0 Å². The number of amides is 1. The minimum Gasteiger partial charge on any atom is -0.496 e. The summed E-state index contributed by atoms with van der Waals surface area (Å²) in [6, 6.07) is 10.4. The molecule has 0 radical (unpaired) electrons. The number of hydrogen-bond acceptors (Lipinski definition) is 7. The fourth-order valence-electron chi connectivity index (χ4n) is 2.86. The van der Waals surface area contributed by atoms with Gasteiger partial charge in [0.15, 0.2) is 16.3 Å². The Morgan fingerprint density at radius 1 is 1.18 bits per heavy atom. The molecule has 0 spiro atoms. The number of nitrogens with zero attached hydrogens (tertiary/aromatic N) is 2. The molecule has 0 saturated heterocycles. The Balaban J connectivity index is 1.87. The van der Waals surface area contributed by atoms with Gasteiger partial charge in [-0.3, -0.25) is 9.59 Å². The smallest absolute Gasteiger partial charge is 0.325 e. The number of fused-ring (bicyclic) bond motifs is 2. The molecule has 2 aromatic carbocycles. The Kier molecular flexibility index (Phi) is 4.74. The molecular weight excluding hydrogens is 384 g/mol.